The Bertz CT molecular complexity index is 566. The highest BCUT2D eigenvalue weighted by Crippen LogP contribution is 2.39. The molecule has 0 aliphatic heterocycles. The van der Waals surface area contributed by atoms with Crippen LogP contribution in [-0.2, 0) is 10.1 Å². The van der Waals surface area contributed by atoms with E-state index in [2.05, 4.69) is 11.3 Å². The number of rotatable bonds is 5. The minimum Gasteiger partial charge on any atom is -0.427 e. The van der Waals surface area contributed by atoms with Crippen LogP contribution >= 0.6 is 0 Å². The van der Waals surface area contributed by atoms with Gasteiger partial charge in [-0.3, -0.25) is 4.55 Å². The molecule has 0 saturated heterocycles. The standard InChI is InChI=1S/C10H8F4O4S/c1-2-7-3-5-8(6-4-7)18-9(11,12)10(13,14)19(15,16)17/h2-6H,1H2,(H,15,16,17). The second-order valence-electron chi connectivity index (χ2n) is 3.38. The van der Waals surface area contributed by atoms with Crippen LogP contribution in [0.2, 0.25) is 0 Å². The summed E-state index contributed by atoms with van der Waals surface area (Å²) in [6, 6.07) is 4.32. The third kappa shape index (κ3) is 3.04. The zero-order valence-corrected chi connectivity index (χ0v) is 10.0. The number of benzene rings is 1. The van der Waals surface area contributed by atoms with Crippen molar-refractivity contribution < 1.29 is 35.3 Å². The molecule has 19 heavy (non-hydrogen) atoms. The fraction of sp³-hybridized carbons (Fsp3) is 0.200. The Kier molecular flexibility index (Phi) is 3.92. The summed E-state index contributed by atoms with van der Waals surface area (Å²) in [5.41, 5.74) is 0.511. The summed E-state index contributed by atoms with van der Waals surface area (Å²) in [5, 5.41) is -5.77. The van der Waals surface area contributed by atoms with E-state index in [1.54, 1.807) is 0 Å². The normalized spacial score (nSPS) is 13.1. The summed E-state index contributed by atoms with van der Waals surface area (Å²) in [6.45, 7) is 3.39. The Morgan fingerprint density at radius 1 is 1.16 bits per heavy atom. The monoisotopic (exact) mass is 300 g/mol. The molecule has 0 atom stereocenters. The van der Waals surface area contributed by atoms with Gasteiger partial charge in [0.1, 0.15) is 5.75 Å². The van der Waals surface area contributed by atoms with Crippen molar-refractivity contribution in [3.63, 3.8) is 0 Å². The summed E-state index contributed by atoms with van der Waals surface area (Å²) in [4.78, 5) is 0. The highest BCUT2D eigenvalue weighted by Gasteiger charge is 2.69. The van der Waals surface area contributed by atoms with Crippen LogP contribution in [0.15, 0.2) is 30.8 Å². The summed E-state index contributed by atoms with van der Waals surface area (Å²) in [5.74, 6) is -0.695. The van der Waals surface area contributed by atoms with Crippen molar-refractivity contribution in [2.45, 2.75) is 11.4 Å². The van der Waals surface area contributed by atoms with Crippen LogP contribution in [0, 0.1) is 0 Å². The second-order valence-corrected chi connectivity index (χ2v) is 4.85. The van der Waals surface area contributed by atoms with Gasteiger partial charge < -0.3 is 4.74 Å². The van der Waals surface area contributed by atoms with Gasteiger partial charge >= 0.3 is 21.5 Å². The molecular weight excluding hydrogens is 292 g/mol. The zero-order chi connectivity index (χ0) is 14.9. The summed E-state index contributed by atoms with van der Waals surface area (Å²) >= 11 is 0. The van der Waals surface area contributed by atoms with Crippen LogP contribution in [0.3, 0.4) is 0 Å². The molecule has 0 aliphatic rings. The van der Waals surface area contributed by atoms with E-state index in [1.165, 1.54) is 18.2 Å². The van der Waals surface area contributed by atoms with Crippen molar-refractivity contribution >= 4 is 16.2 Å². The highest BCUT2D eigenvalue weighted by molar-refractivity contribution is 7.86. The number of halogens is 4. The van der Waals surface area contributed by atoms with Gasteiger partial charge in [-0.05, 0) is 17.7 Å². The van der Waals surface area contributed by atoms with E-state index < -0.39 is 27.2 Å². The molecule has 106 valence electrons. The number of ether oxygens (including phenoxy) is 1. The predicted molar refractivity (Wildman–Crippen MR) is 58.6 cm³/mol. The average molecular weight is 300 g/mol. The SMILES string of the molecule is C=Cc1ccc(OC(F)(F)C(F)(F)S(=O)(=O)O)cc1. The lowest BCUT2D eigenvalue weighted by Gasteiger charge is -2.23. The van der Waals surface area contributed by atoms with Crippen LogP contribution in [0.1, 0.15) is 5.56 Å². The molecule has 0 heterocycles. The molecule has 0 spiro atoms. The van der Waals surface area contributed by atoms with Crippen molar-refractivity contribution in [3.05, 3.63) is 36.4 Å². The van der Waals surface area contributed by atoms with Gasteiger partial charge in [-0.1, -0.05) is 24.8 Å². The first-order valence-corrected chi connectivity index (χ1v) is 6.09. The van der Waals surface area contributed by atoms with E-state index in [4.69, 9.17) is 4.55 Å². The highest BCUT2D eigenvalue weighted by atomic mass is 32.2. The fourth-order valence-electron chi connectivity index (χ4n) is 1.03. The topological polar surface area (TPSA) is 63.6 Å². The quantitative estimate of drug-likeness (QED) is 0.671. The lowest BCUT2D eigenvalue weighted by Crippen LogP contribution is -2.50. The summed E-state index contributed by atoms with van der Waals surface area (Å²) < 4.78 is 83.9. The largest absolute Gasteiger partial charge is 0.483 e. The minimum absolute atomic E-state index is 0.511. The predicted octanol–water partition coefficient (Wildman–Crippen LogP) is 2.78. The van der Waals surface area contributed by atoms with E-state index in [-0.39, 0.29) is 0 Å². The Labute approximate surface area is 106 Å². The maximum atomic E-state index is 13.0. The number of hydrogen-bond donors (Lipinski definition) is 1. The first kappa shape index (κ1) is 15.4. The average Bonchev–Trinajstić information content (AvgIpc) is 2.28. The van der Waals surface area contributed by atoms with E-state index >= 15 is 0 Å². The maximum Gasteiger partial charge on any atom is 0.483 e. The molecule has 1 rings (SSSR count). The van der Waals surface area contributed by atoms with Crippen LogP contribution in [0.4, 0.5) is 17.6 Å². The smallest absolute Gasteiger partial charge is 0.427 e. The molecular formula is C10H8F4O4S. The van der Waals surface area contributed by atoms with Crippen molar-refractivity contribution in [1.82, 2.24) is 0 Å². The molecule has 1 N–H and O–H groups in total. The van der Waals surface area contributed by atoms with Gasteiger partial charge in [-0.15, -0.1) is 0 Å². The van der Waals surface area contributed by atoms with Gasteiger partial charge in [0.15, 0.2) is 0 Å². The summed E-state index contributed by atoms with van der Waals surface area (Å²) in [7, 11) is -6.32. The second kappa shape index (κ2) is 4.82. The Balaban J connectivity index is 3.05. The molecule has 0 amide bonds. The Hall–Kier alpha value is -1.61. The third-order valence-electron chi connectivity index (χ3n) is 2.02. The number of alkyl halides is 4. The van der Waals surface area contributed by atoms with Crippen molar-refractivity contribution in [2.24, 2.45) is 0 Å². The van der Waals surface area contributed by atoms with E-state index in [0.29, 0.717) is 5.56 Å². The van der Waals surface area contributed by atoms with Gasteiger partial charge in [-0.2, -0.15) is 26.0 Å². The lowest BCUT2D eigenvalue weighted by atomic mass is 10.2. The zero-order valence-electron chi connectivity index (χ0n) is 9.19. The molecule has 1 aromatic carbocycles. The maximum absolute atomic E-state index is 13.0. The van der Waals surface area contributed by atoms with E-state index in [0.717, 1.165) is 12.1 Å². The van der Waals surface area contributed by atoms with E-state index in [1.807, 2.05) is 0 Å². The molecule has 0 aliphatic carbocycles. The van der Waals surface area contributed by atoms with Crippen LogP contribution in [0.25, 0.3) is 6.08 Å². The molecule has 0 radical (unpaired) electrons. The van der Waals surface area contributed by atoms with Gasteiger partial charge in [-0.25, -0.2) is 0 Å². The third-order valence-corrected chi connectivity index (χ3v) is 2.91. The summed E-state index contributed by atoms with van der Waals surface area (Å²) in [6.07, 6.45) is -4.05. The molecule has 0 aromatic heterocycles. The molecule has 0 unspecified atom stereocenters. The van der Waals surface area contributed by atoms with Gasteiger partial charge in [0.05, 0.1) is 0 Å². The van der Waals surface area contributed by atoms with Gasteiger partial charge in [0, 0.05) is 0 Å². The lowest BCUT2D eigenvalue weighted by molar-refractivity contribution is -0.274. The first-order valence-electron chi connectivity index (χ1n) is 4.65. The van der Waals surface area contributed by atoms with Gasteiger partial charge in [0.2, 0.25) is 0 Å². The van der Waals surface area contributed by atoms with Crippen LogP contribution in [-0.4, -0.2) is 24.3 Å². The fourth-order valence-corrected chi connectivity index (χ4v) is 1.37. The molecule has 0 saturated carbocycles. The van der Waals surface area contributed by atoms with Crippen molar-refractivity contribution in [3.8, 4) is 5.75 Å². The Morgan fingerprint density at radius 3 is 2.00 bits per heavy atom. The molecule has 4 nitrogen and oxygen atoms in total. The minimum atomic E-state index is -6.32. The first-order chi connectivity index (χ1) is 8.51. The molecule has 9 heteroatoms. The van der Waals surface area contributed by atoms with Crippen molar-refractivity contribution in [2.75, 3.05) is 0 Å². The van der Waals surface area contributed by atoms with Crippen LogP contribution in [0.5, 0.6) is 5.75 Å². The van der Waals surface area contributed by atoms with Crippen molar-refractivity contribution in [1.29, 1.82) is 0 Å². The molecule has 1 aromatic rings. The molecule has 0 fully saturated rings. The van der Waals surface area contributed by atoms with Gasteiger partial charge in [0.25, 0.3) is 0 Å². The van der Waals surface area contributed by atoms with E-state index in [9.17, 15) is 26.0 Å². The number of hydrogen-bond acceptors (Lipinski definition) is 3. The molecule has 0 bridgehead atoms. The Morgan fingerprint density at radius 2 is 1.63 bits per heavy atom. The van der Waals surface area contributed by atoms with Crippen LogP contribution < -0.4 is 4.74 Å².